The Hall–Kier alpha value is -1.47. The second-order valence-electron chi connectivity index (χ2n) is 6.88. The van der Waals surface area contributed by atoms with Gasteiger partial charge >= 0.3 is 0 Å². The van der Waals surface area contributed by atoms with Crippen LogP contribution in [0.4, 0.5) is 0 Å². The van der Waals surface area contributed by atoms with Crippen molar-refractivity contribution in [2.45, 2.75) is 78.6 Å². The van der Waals surface area contributed by atoms with Gasteiger partial charge in [-0.3, -0.25) is 14.4 Å². The third-order valence-electron chi connectivity index (χ3n) is 4.18. The highest BCUT2D eigenvalue weighted by Gasteiger charge is 2.30. The van der Waals surface area contributed by atoms with Gasteiger partial charge in [0, 0.05) is 0 Å². The summed E-state index contributed by atoms with van der Waals surface area (Å²) in [7, 11) is 0. The molecule has 0 aromatic rings. The molecule has 0 rings (SSSR count). The predicted octanol–water partition coefficient (Wildman–Crippen LogP) is 0.312. The number of ketones is 1. The molecule has 0 saturated heterocycles. The zero-order valence-corrected chi connectivity index (χ0v) is 15.8. The molecule has 2 amide bonds. The molecule has 2 unspecified atom stereocenters. The quantitative estimate of drug-likeness (QED) is 0.454. The molecular weight excluding hydrogens is 308 g/mol. The average Bonchev–Trinajstić information content (AvgIpc) is 2.54. The summed E-state index contributed by atoms with van der Waals surface area (Å²) in [5.74, 6) is -0.990. The van der Waals surface area contributed by atoms with Gasteiger partial charge in [-0.1, -0.05) is 41.5 Å². The van der Waals surface area contributed by atoms with Crippen molar-refractivity contribution in [2.75, 3.05) is 0 Å². The predicted molar refractivity (Wildman–Crippen MR) is 95.1 cm³/mol. The fraction of sp³-hybridized carbons (Fsp3) is 0.824. The van der Waals surface area contributed by atoms with Gasteiger partial charge in [-0.2, -0.15) is 0 Å². The minimum Gasteiger partial charge on any atom is -0.345 e. The molecule has 7 heteroatoms. The van der Waals surface area contributed by atoms with Gasteiger partial charge in [0.15, 0.2) is 5.78 Å². The Labute approximate surface area is 145 Å². The number of carbonyl (C=O) groups is 3. The standard InChI is InChI=1S/C17H34N4O3/c1-7-11(20-16(23)13(18)9(3)4)15(22)12(8-2)21-17(24)14(19)10(5)6/h9-14H,7-8,18-19H2,1-6H3,(H,20,23)(H,21,24)/t11?,12?,13-,14-/m0/s1. The Morgan fingerprint density at radius 3 is 1.25 bits per heavy atom. The molecule has 0 aliphatic heterocycles. The van der Waals surface area contributed by atoms with Crippen molar-refractivity contribution in [3.05, 3.63) is 0 Å². The molecular formula is C17H34N4O3. The molecule has 24 heavy (non-hydrogen) atoms. The summed E-state index contributed by atoms with van der Waals surface area (Å²) in [6.07, 6.45) is 0.857. The molecule has 7 nitrogen and oxygen atoms in total. The lowest BCUT2D eigenvalue weighted by Crippen LogP contribution is -2.56. The normalized spacial score (nSPS) is 16.4. The highest BCUT2D eigenvalue weighted by atomic mass is 16.2. The number of rotatable bonds is 10. The third kappa shape index (κ3) is 6.57. The first-order chi connectivity index (χ1) is 11.1. The van der Waals surface area contributed by atoms with Crippen LogP contribution in [0.5, 0.6) is 0 Å². The van der Waals surface area contributed by atoms with Crippen molar-refractivity contribution in [1.29, 1.82) is 0 Å². The van der Waals surface area contributed by atoms with Crippen LogP contribution in [0.1, 0.15) is 54.4 Å². The van der Waals surface area contributed by atoms with E-state index in [-0.39, 0.29) is 29.4 Å². The Bertz CT molecular complexity index is 400. The largest absolute Gasteiger partial charge is 0.345 e. The van der Waals surface area contributed by atoms with Gasteiger partial charge in [-0.15, -0.1) is 0 Å². The molecule has 0 heterocycles. The van der Waals surface area contributed by atoms with E-state index in [1.165, 1.54) is 0 Å². The minimum absolute atomic E-state index is 0.0247. The van der Waals surface area contributed by atoms with Crippen LogP contribution < -0.4 is 22.1 Å². The van der Waals surface area contributed by atoms with E-state index in [0.717, 1.165) is 0 Å². The molecule has 6 N–H and O–H groups in total. The smallest absolute Gasteiger partial charge is 0.237 e. The van der Waals surface area contributed by atoms with Crippen LogP contribution in [0, 0.1) is 11.8 Å². The van der Waals surface area contributed by atoms with Crippen LogP contribution in [0.25, 0.3) is 0 Å². The molecule has 0 bridgehead atoms. The number of Topliss-reactive ketones (excluding diaryl/α,β-unsaturated/α-hetero) is 1. The van der Waals surface area contributed by atoms with Crippen LogP contribution in [0.15, 0.2) is 0 Å². The van der Waals surface area contributed by atoms with Gasteiger partial charge in [0.25, 0.3) is 0 Å². The van der Waals surface area contributed by atoms with Gasteiger partial charge in [0.1, 0.15) is 0 Å². The first-order valence-corrected chi connectivity index (χ1v) is 8.72. The highest BCUT2D eigenvalue weighted by molar-refractivity contribution is 5.96. The fourth-order valence-corrected chi connectivity index (χ4v) is 2.13. The van der Waals surface area contributed by atoms with E-state index in [1.807, 2.05) is 27.7 Å². The number of hydrogen-bond acceptors (Lipinski definition) is 5. The summed E-state index contributed by atoms with van der Waals surface area (Å²) in [4.78, 5) is 36.8. The summed E-state index contributed by atoms with van der Waals surface area (Å²) in [5.41, 5.74) is 11.6. The van der Waals surface area contributed by atoms with Crippen LogP contribution in [-0.4, -0.2) is 41.8 Å². The second-order valence-corrected chi connectivity index (χ2v) is 6.88. The summed E-state index contributed by atoms with van der Waals surface area (Å²) >= 11 is 0. The Kier molecular flexibility index (Phi) is 9.77. The minimum atomic E-state index is -0.678. The second kappa shape index (κ2) is 10.4. The van der Waals surface area contributed by atoms with Crippen LogP contribution in [-0.2, 0) is 14.4 Å². The SMILES string of the molecule is CCC(NC(=O)[C@@H](N)C(C)C)C(=O)C(CC)NC(=O)[C@@H](N)C(C)C. The Balaban J connectivity index is 4.95. The van der Waals surface area contributed by atoms with Crippen LogP contribution >= 0.6 is 0 Å². The molecule has 0 aliphatic carbocycles. The van der Waals surface area contributed by atoms with Crippen molar-refractivity contribution in [2.24, 2.45) is 23.3 Å². The summed E-state index contributed by atoms with van der Waals surface area (Å²) in [6, 6.07) is -2.70. The van der Waals surface area contributed by atoms with Crippen molar-refractivity contribution in [3.63, 3.8) is 0 Å². The fourth-order valence-electron chi connectivity index (χ4n) is 2.13. The number of amides is 2. The molecule has 0 aromatic heterocycles. The summed E-state index contributed by atoms with van der Waals surface area (Å²) in [6.45, 7) is 11.0. The van der Waals surface area contributed by atoms with Crippen molar-refractivity contribution >= 4 is 17.6 Å². The summed E-state index contributed by atoms with van der Waals surface area (Å²) < 4.78 is 0. The van der Waals surface area contributed by atoms with Crippen molar-refractivity contribution < 1.29 is 14.4 Å². The lowest BCUT2D eigenvalue weighted by atomic mass is 9.98. The van der Waals surface area contributed by atoms with Gasteiger partial charge in [-0.05, 0) is 24.7 Å². The molecule has 0 spiro atoms. The molecule has 140 valence electrons. The lowest BCUT2D eigenvalue weighted by Gasteiger charge is -2.26. The maximum atomic E-state index is 12.7. The van der Waals surface area contributed by atoms with Gasteiger partial charge in [0.05, 0.1) is 24.2 Å². The molecule has 0 fully saturated rings. The molecule has 0 saturated carbocycles. The number of nitrogens with two attached hydrogens (primary N) is 2. The van der Waals surface area contributed by atoms with E-state index in [1.54, 1.807) is 13.8 Å². The number of carbonyl (C=O) groups excluding carboxylic acids is 3. The van der Waals surface area contributed by atoms with E-state index >= 15 is 0 Å². The maximum absolute atomic E-state index is 12.7. The number of hydrogen-bond donors (Lipinski definition) is 4. The van der Waals surface area contributed by atoms with E-state index in [4.69, 9.17) is 11.5 Å². The van der Waals surface area contributed by atoms with Gasteiger partial charge < -0.3 is 22.1 Å². The Morgan fingerprint density at radius 2 is 1.04 bits per heavy atom. The van der Waals surface area contributed by atoms with Crippen molar-refractivity contribution in [3.8, 4) is 0 Å². The molecule has 0 radical (unpaired) electrons. The van der Waals surface area contributed by atoms with Crippen molar-refractivity contribution in [1.82, 2.24) is 10.6 Å². The third-order valence-corrected chi connectivity index (χ3v) is 4.18. The van der Waals surface area contributed by atoms with Gasteiger partial charge in [0.2, 0.25) is 11.8 Å². The first kappa shape index (κ1) is 22.5. The van der Waals surface area contributed by atoms with Crippen LogP contribution in [0.3, 0.4) is 0 Å². The van der Waals surface area contributed by atoms with Gasteiger partial charge in [-0.25, -0.2) is 0 Å². The number of nitrogens with one attached hydrogen (secondary N) is 2. The van der Waals surface area contributed by atoms with E-state index in [2.05, 4.69) is 10.6 Å². The molecule has 4 atom stereocenters. The van der Waals surface area contributed by atoms with E-state index in [0.29, 0.717) is 12.8 Å². The first-order valence-electron chi connectivity index (χ1n) is 8.72. The molecule has 0 aromatic carbocycles. The zero-order chi connectivity index (χ0) is 19.0. The highest BCUT2D eigenvalue weighted by Crippen LogP contribution is 2.06. The topological polar surface area (TPSA) is 127 Å². The Morgan fingerprint density at radius 1 is 0.750 bits per heavy atom. The van der Waals surface area contributed by atoms with E-state index in [9.17, 15) is 14.4 Å². The lowest BCUT2D eigenvalue weighted by molar-refractivity contribution is -0.132. The monoisotopic (exact) mass is 342 g/mol. The van der Waals surface area contributed by atoms with E-state index < -0.39 is 24.2 Å². The molecule has 0 aliphatic rings. The van der Waals surface area contributed by atoms with Crippen LogP contribution in [0.2, 0.25) is 0 Å². The summed E-state index contributed by atoms with van der Waals surface area (Å²) in [5, 5.41) is 5.38. The maximum Gasteiger partial charge on any atom is 0.237 e. The zero-order valence-electron chi connectivity index (χ0n) is 15.8. The average molecular weight is 342 g/mol.